The zero-order valence-electron chi connectivity index (χ0n) is 10.7. The summed E-state index contributed by atoms with van der Waals surface area (Å²) in [5.41, 5.74) is 2.26. The van der Waals surface area contributed by atoms with Gasteiger partial charge in [-0.2, -0.15) is 5.10 Å². The fraction of sp³-hybridized carbons (Fsp3) is 0.357. The lowest BCUT2D eigenvalue weighted by Gasteiger charge is -2.11. The van der Waals surface area contributed by atoms with Crippen LogP contribution >= 0.6 is 0 Å². The van der Waals surface area contributed by atoms with Crippen LogP contribution in [0.1, 0.15) is 19.3 Å². The van der Waals surface area contributed by atoms with E-state index in [9.17, 15) is 9.59 Å². The first-order chi connectivity index (χ1) is 9.25. The Hall–Kier alpha value is -2.17. The second-order valence-corrected chi connectivity index (χ2v) is 4.52. The number of carbonyl (C=O) groups is 1. The van der Waals surface area contributed by atoms with Crippen molar-refractivity contribution in [2.45, 2.75) is 25.8 Å². The van der Waals surface area contributed by atoms with Gasteiger partial charge in [0.2, 0.25) is 0 Å². The molecule has 0 spiro atoms. The number of carbonyl (C=O) groups excluding carboxylic acids is 1. The van der Waals surface area contributed by atoms with Crippen molar-refractivity contribution in [3.8, 4) is 0 Å². The van der Waals surface area contributed by atoms with Gasteiger partial charge in [-0.15, -0.1) is 0 Å². The first-order valence-electron chi connectivity index (χ1n) is 6.38. The molecule has 0 unspecified atom stereocenters. The molecule has 1 aliphatic carbocycles. The molecule has 19 heavy (non-hydrogen) atoms. The molecule has 1 atom stereocenters. The van der Waals surface area contributed by atoms with Crippen LogP contribution in [0.15, 0.2) is 46.4 Å². The summed E-state index contributed by atoms with van der Waals surface area (Å²) < 4.78 is 1.34. The largest absolute Gasteiger partial charge is 0.306 e. The van der Waals surface area contributed by atoms with Crippen LogP contribution in [0.2, 0.25) is 0 Å². The van der Waals surface area contributed by atoms with Crippen molar-refractivity contribution in [3.05, 3.63) is 46.9 Å². The van der Waals surface area contributed by atoms with Gasteiger partial charge in [-0.25, -0.2) is 5.43 Å². The molecular weight excluding hydrogens is 242 g/mol. The molecule has 5 heteroatoms. The van der Waals surface area contributed by atoms with Crippen molar-refractivity contribution >= 4 is 12.1 Å². The molecule has 1 heterocycles. The highest BCUT2D eigenvalue weighted by Crippen LogP contribution is 2.15. The molecule has 0 bridgehead atoms. The minimum atomic E-state index is -0.295. The topological polar surface area (TPSA) is 63.5 Å². The van der Waals surface area contributed by atoms with E-state index in [1.54, 1.807) is 24.5 Å². The predicted octanol–water partition coefficient (Wildman–Crippen LogP) is 1.31. The highest BCUT2D eigenvalue weighted by atomic mass is 16.2. The molecular formula is C14H17N3O2. The van der Waals surface area contributed by atoms with Gasteiger partial charge in [0.1, 0.15) is 6.54 Å². The molecule has 0 saturated heterocycles. The minimum Gasteiger partial charge on any atom is -0.306 e. The van der Waals surface area contributed by atoms with Crippen LogP contribution in [-0.4, -0.2) is 16.7 Å². The van der Waals surface area contributed by atoms with Gasteiger partial charge in [-0.3, -0.25) is 9.59 Å². The smallest absolute Gasteiger partial charge is 0.260 e. The summed E-state index contributed by atoms with van der Waals surface area (Å²) in [5, 5.41) is 3.95. The van der Waals surface area contributed by atoms with Crippen LogP contribution in [-0.2, 0) is 11.3 Å². The normalized spacial score (nSPS) is 18.6. The third kappa shape index (κ3) is 4.21. The summed E-state index contributed by atoms with van der Waals surface area (Å²) in [6, 6.07) is 4.78. The van der Waals surface area contributed by atoms with Crippen molar-refractivity contribution in [1.29, 1.82) is 0 Å². The number of rotatable bonds is 4. The molecule has 0 saturated carbocycles. The molecule has 1 aliphatic rings. The monoisotopic (exact) mass is 259 g/mol. The van der Waals surface area contributed by atoms with Gasteiger partial charge >= 0.3 is 0 Å². The molecule has 0 radical (unpaired) electrons. The number of amides is 1. The lowest BCUT2D eigenvalue weighted by Crippen LogP contribution is -2.29. The number of hydrogen-bond acceptors (Lipinski definition) is 3. The summed E-state index contributed by atoms with van der Waals surface area (Å²) in [6.07, 6.45) is 10.7. The number of hydrogen-bond donors (Lipinski definition) is 1. The third-order valence-corrected chi connectivity index (χ3v) is 3.00. The van der Waals surface area contributed by atoms with Gasteiger partial charge in [0.15, 0.2) is 0 Å². The summed E-state index contributed by atoms with van der Waals surface area (Å²) in [6.45, 7) is -0.0123. The van der Waals surface area contributed by atoms with Crippen molar-refractivity contribution in [3.63, 3.8) is 0 Å². The number of hydrazone groups is 1. The zero-order valence-corrected chi connectivity index (χ0v) is 10.7. The van der Waals surface area contributed by atoms with Crippen molar-refractivity contribution in [1.82, 2.24) is 9.99 Å². The van der Waals surface area contributed by atoms with Crippen LogP contribution in [0, 0.1) is 5.92 Å². The number of nitrogens with one attached hydrogen (secondary N) is 1. The lowest BCUT2D eigenvalue weighted by molar-refractivity contribution is -0.121. The fourth-order valence-electron chi connectivity index (χ4n) is 1.95. The second kappa shape index (κ2) is 6.68. The van der Waals surface area contributed by atoms with Crippen molar-refractivity contribution < 1.29 is 4.79 Å². The summed E-state index contributed by atoms with van der Waals surface area (Å²) >= 11 is 0. The molecule has 100 valence electrons. The number of pyridine rings is 1. The Morgan fingerprint density at radius 1 is 1.47 bits per heavy atom. The van der Waals surface area contributed by atoms with E-state index in [0.29, 0.717) is 5.92 Å². The Morgan fingerprint density at radius 2 is 2.37 bits per heavy atom. The van der Waals surface area contributed by atoms with Crippen LogP contribution in [0.5, 0.6) is 0 Å². The maximum Gasteiger partial charge on any atom is 0.260 e. The molecule has 1 N–H and O–H groups in total. The van der Waals surface area contributed by atoms with Crippen LogP contribution in [0.3, 0.4) is 0 Å². The molecule has 2 rings (SSSR count). The van der Waals surface area contributed by atoms with E-state index < -0.39 is 0 Å². The van der Waals surface area contributed by atoms with Gasteiger partial charge in [-0.1, -0.05) is 18.2 Å². The number of aromatic nitrogens is 1. The Kier molecular flexibility index (Phi) is 4.66. The Bertz CT molecular complexity index is 546. The quantitative estimate of drug-likeness (QED) is 0.503. The fourth-order valence-corrected chi connectivity index (χ4v) is 1.95. The molecule has 0 fully saturated rings. The van der Waals surface area contributed by atoms with E-state index in [2.05, 4.69) is 22.7 Å². The van der Waals surface area contributed by atoms with Gasteiger partial charge in [0, 0.05) is 18.5 Å². The average Bonchev–Trinajstić information content (AvgIpc) is 2.43. The van der Waals surface area contributed by atoms with Gasteiger partial charge in [0.25, 0.3) is 11.5 Å². The molecule has 1 amide bonds. The zero-order chi connectivity index (χ0) is 13.5. The summed E-state index contributed by atoms with van der Waals surface area (Å²) in [7, 11) is 0. The van der Waals surface area contributed by atoms with Crippen LogP contribution in [0.25, 0.3) is 0 Å². The number of allylic oxidation sites excluding steroid dienone is 2. The van der Waals surface area contributed by atoms with Crippen LogP contribution < -0.4 is 11.0 Å². The Morgan fingerprint density at radius 3 is 3.11 bits per heavy atom. The molecule has 0 aliphatic heterocycles. The molecule has 1 aromatic rings. The van der Waals surface area contributed by atoms with Crippen molar-refractivity contribution in [2.24, 2.45) is 11.0 Å². The SMILES string of the molecule is O=C(Cn1ccccc1=O)N/N=C\[C@@H]1CC=CCC1. The first-order valence-corrected chi connectivity index (χ1v) is 6.38. The molecule has 5 nitrogen and oxygen atoms in total. The van der Waals surface area contributed by atoms with E-state index in [0.717, 1.165) is 19.3 Å². The Balaban J connectivity index is 1.82. The average molecular weight is 259 g/mol. The predicted molar refractivity (Wildman–Crippen MR) is 73.8 cm³/mol. The Labute approximate surface area is 111 Å². The molecule has 1 aromatic heterocycles. The second-order valence-electron chi connectivity index (χ2n) is 4.52. The standard InChI is InChI=1S/C14H17N3O2/c18-13(11-17-9-5-4-8-14(17)19)16-15-10-12-6-2-1-3-7-12/h1-2,4-5,8-10,12H,3,6-7,11H2,(H,16,18)/b15-10-/t12-/m1/s1. The van der Waals surface area contributed by atoms with E-state index in [4.69, 9.17) is 0 Å². The van der Waals surface area contributed by atoms with Crippen molar-refractivity contribution in [2.75, 3.05) is 0 Å². The van der Waals surface area contributed by atoms with E-state index in [1.807, 2.05) is 0 Å². The van der Waals surface area contributed by atoms with Crippen LogP contribution in [0.4, 0.5) is 0 Å². The molecule has 0 aromatic carbocycles. The van der Waals surface area contributed by atoms with Gasteiger partial charge < -0.3 is 4.57 Å². The van der Waals surface area contributed by atoms with E-state index in [1.165, 1.54) is 10.6 Å². The number of nitrogens with zero attached hydrogens (tertiary/aromatic N) is 2. The van der Waals surface area contributed by atoms with E-state index in [-0.39, 0.29) is 18.0 Å². The van der Waals surface area contributed by atoms with Gasteiger partial charge in [-0.05, 0) is 31.2 Å². The maximum absolute atomic E-state index is 11.6. The first kappa shape index (κ1) is 13.3. The highest BCUT2D eigenvalue weighted by Gasteiger charge is 2.07. The maximum atomic E-state index is 11.6. The highest BCUT2D eigenvalue weighted by molar-refractivity contribution is 5.76. The lowest BCUT2D eigenvalue weighted by atomic mass is 9.96. The summed E-state index contributed by atoms with van der Waals surface area (Å²) in [4.78, 5) is 23.0. The van der Waals surface area contributed by atoms with Gasteiger partial charge in [0.05, 0.1) is 0 Å². The summed E-state index contributed by atoms with van der Waals surface area (Å²) in [5.74, 6) is 0.0978. The minimum absolute atomic E-state index is 0.0123. The van der Waals surface area contributed by atoms with E-state index >= 15 is 0 Å². The third-order valence-electron chi connectivity index (χ3n) is 3.00.